The first kappa shape index (κ1) is 20.8. The molecule has 2 aromatic rings. The summed E-state index contributed by atoms with van der Waals surface area (Å²) in [4.78, 5) is 31.4. The van der Waals surface area contributed by atoms with Crippen LogP contribution in [-0.4, -0.2) is 65.2 Å². The van der Waals surface area contributed by atoms with Crippen molar-refractivity contribution >= 4 is 22.7 Å². The molecule has 7 nitrogen and oxygen atoms in total. The number of ketones is 1. The number of alkyl halides is 3. The number of aromatic nitrogens is 2. The van der Waals surface area contributed by atoms with Crippen LogP contribution in [0.5, 0.6) is 0 Å². The van der Waals surface area contributed by atoms with Crippen LogP contribution >= 0.6 is 0 Å². The summed E-state index contributed by atoms with van der Waals surface area (Å²) in [6, 6.07) is 3.28. The molecule has 0 spiro atoms. The third kappa shape index (κ3) is 3.27. The molecule has 10 heteroatoms. The zero-order chi connectivity index (χ0) is 21.7. The van der Waals surface area contributed by atoms with Crippen LogP contribution in [0.2, 0.25) is 0 Å². The fraction of sp³-hybridized carbons (Fsp3) is 0.550. The minimum atomic E-state index is -5.02. The minimum absolute atomic E-state index is 0.00537. The van der Waals surface area contributed by atoms with Gasteiger partial charge >= 0.3 is 6.18 Å². The largest absolute Gasteiger partial charge is 0.438 e. The van der Waals surface area contributed by atoms with E-state index in [9.17, 15) is 22.8 Å². The Morgan fingerprint density at radius 2 is 1.90 bits per heavy atom. The number of imidazole rings is 1. The number of amides is 1. The van der Waals surface area contributed by atoms with Crippen LogP contribution in [0.25, 0.3) is 11.0 Å². The van der Waals surface area contributed by atoms with E-state index in [1.807, 2.05) is 17.1 Å². The quantitative estimate of drug-likeness (QED) is 0.811. The normalized spacial score (nSPS) is 22.5. The van der Waals surface area contributed by atoms with E-state index in [0.717, 1.165) is 15.7 Å². The molecular weight excluding hydrogens is 401 g/mol. The fourth-order valence-electron chi connectivity index (χ4n) is 4.10. The van der Waals surface area contributed by atoms with Gasteiger partial charge in [-0.15, -0.1) is 0 Å². The standard InChI is InChI=1S/C20H23F3N4O3/c1-12-9-14-15(10-13(12)2)27-17(24-14)11-16(28)19(27,20(21,22)23)25-18(29)3-4-26-5-7-30-8-6-26/h9-10H,3-8,11H2,1-2H3,(H,25,29). The highest BCUT2D eigenvalue weighted by molar-refractivity contribution is 5.98. The van der Waals surface area contributed by atoms with E-state index in [-0.39, 0.29) is 17.8 Å². The van der Waals surface area contributed by atoms with Crippen LogP contribution in [0.15, 0.2) is 12.1 Å². The molecule has 0 bridgehead atoms. The number of hydrogen-bond acceptors (Lipinski definition) is 5. The monoisotopic (exact) mass is 424 g/mol. The number of rotatable bonds is 4. The molecule has 30 heavy (non-hydrogen) atoms. The molecule has 0 radical (unpaired) electrons. The van der Waals surface area contributed by atoms with Gasteiger partial charge in [0.1, 0.15) is 5.82 Å². The van der Waals surface area contributed by atoms with Crippen molar-refractivity contribution in [3.05, 3.63) is 29.1 Å². The van der Waals surface area contributed by atoms with Gasteiger partial charge in [-0.05, 0) is 37.1 Å². The summed E-state index contributed by atoms with van der Waals surface area (Å²) in [6.07, 6.45) is -5.66. The second-order valence-corrected chi connectivity index (χ2v) is 7.85. The lowest BCUT2D eigenvalue weighted by atomic mass is 10.0. The van der Waals surface area contributed by atoms with Crippen LogP contribution in [0.4, 0.5) is 13.2 Å². The lowest BCUT2D eigenvalue weighted by Gasteiger charge is -2.34. The van der Waals surface area contributed by atoms with Crippen molar-refractivity contribution < 1.29 is 27.5 Å². The Morgan fingerprint density at radius 1 is 1.23 bits per heavy atom. The van der Waals surface area contributed by atoms with E-state index in [4.69, 9.17) is 4.74 Å². The molecule has 0 aliphatic carbocycles. The molecule has 2 aliphatic heterocycles. The molecule has 3 heterocycles. The van der Waals surface area contributed by atoms with E-state index in [1.165, 1.54) is 0 Å². The lowest BCUT2D eigenvalue weighted by Crippen LogP contribution is -2.63. The maximum Gasteiger partial charge on any atom is 0.438 e. The Morgan fingerprint density at radius 3 is 2.57 bits per heavy atom. The molecule has 162 valence electrons. The number of carbonyl (C=O) groups excluding carboxylic acids is 2. The van der Waals surface area contributed by atoms with Crippen LogP contribution in [0.3, 0.4) is 0 Å². The van der Waals surface area contributed by atoms with Crippen molar-refractivity contribution in [2.24, 2.45) is 0 Å². The summed E-state index contributed by atoms with van der Waals surface area (Å²) in [5, 5.41) is 2.04. The van der Waals surface area contributed by atoms with Crippen molar-refractivity contribution in [1.29, 1.82) is 0 Å². The fourth-order valence-corrected chi connectivity index (χ4v) is 4.10. The summed E-state index contributed by atoms with van der Waals surface area (Å²) in [5.41, 5.74) is -0.917. The average Bonchev–Trinajstić information content (AvgIpc) is 3.15. The highest BCUT2D eigenvalue weighted by atomic mass is 19.4. The number of benzene rings is 1. The van der Waals surface area contributed by atoms with Gasteiger partial charge in [0.2, 0.25) is 5.91 Å². The van der Waals surface area contributed by atoms with Gasteiger partial charge in [0.25, 0.3) is 5.66 Å². The van der Waals surface area contributed by atoms with E-state index >= 15 is 0 Å². The zero-order valence-corrected chi connectivity index (χ0v) is 16.8. The van der Waals surface area contributed by atoms with Gasteiger partial charge in [0.05, 0.1) is 30.7 Å². The molecule has 1 unspecified atom stereocenters. The number of nitrogens with one attached hydrogen (secondary N) is 1. The number of hydrogen-bond donors (Lipinski definition) is 1. The topological polar surface area (TPSA) is 76.5 Å². The maximum absolute atomic E-state index is 14.4. The average molecular weight is 424 g/mol. The number of Topliss-reactive ketones (excluding diaryl/α,β-unsaturated/α-hetero) is 1. The van der Waals surface area contributed by atoms with Crippen molar-refractivity contribution in [2.45, 2.75) is 38.5 Å². The van der Waals surface area contributed by atoms with Crippen LogP contribution < -0.4 is 5.32 Å². The van der Waals surface area contributed by atoms with E-state index in [2.05, 4.69) is 4.98 Å². The minimum Gasteiger partial charge on any atom is -0.379 e. The Balaban J connectivity index is 1.70. The molecular formula is C20H23F3N4O3. The summed E-state index contributed by atoms with van der Waals surface area (Å²) in [5.74, 6) is -1.95. The molecule has 1 atom stereocenters. The molecule has 0 saturated carbocycles. The Labute approximate surface area is 171 Å². The summed E-state index contributed by atoms with van der Waals surface area (Å²) in [7, 11) is 0. The van der Waals surface area contributed by atoms with Gasteiger partial charge < -0.3 is 10.1 Å². The van der Waals surface area contributed by atoms with Crippen LogP contribution in [-0.2, 0) is 26.4 Å². The summed E-state index contributed by atoms with van der Waals surface area (Å²) in [6.45, 7) is 6.20. The number of fused-ring (bicyclic) bond motifs is 3. The lowest BCUT2D eigenvalue weighted by molar-refractivity contribution is -0.218. The van der Waals surface area contributed by atoms with Crippen molar-refractivity contribution in [2.75, 3.05) is 32.8 Å². The van der Waals surface area contributed by atoms with Crippen LogP contribution in [0, 0.1) is 13.8 Å². The zero-order valence-electron chi connectivity index (χ0n) is 16.8. The molecule has 1 amide bonds. The van der Waals surface area contributed by atoms with Gasteiger partial charge in [0, 0.05) is 26.1 Å². The van der Waals surface area contributed by atoms with Gasteiger partial charge in [-0.25, -0.2) is 4.98 Å². The Bertz CT molecular complexity index is 1010. The van der Waals surface area contributed by atoms with E-state index < -0.39 is 30.0 Å². The summed E-state index contributed by atoms with van der Waals surface area (Å²) >= 11 is 0. The molecule has 1 N–H and O–H groups in total. The first-order chi connectivity index (χ1) is 14.1. The first-order valence-electron chi connectivity index (χ1n) is 9.83. The Kier molecular flexibility index (Phi) is 5.09. The predicted octanol–water partition coefficient (Wildman–Crippen LogP) is 1.83. The number of ether oxygens (including phenoxy) is 1. The molecule has 1 saturated heterocycles. The van der Waals surface area contributed by atoms with Gasteiger partial charge in [-0.1, -0.05) is 0 Å². The molecule has 1 fully saturated rings. The third-order valence-electron chi connectivity index (χ3n) is 5.89. The highest BCUT2D eigenvalue weighted by Crippen LogP contribution is 2.43. The molecule has 4 rings (SSSR count). The SMILES string of the molecule is Cc1cc2nc3n(c2cc1C)C(NC(=O)CCN1CCOCC1)(C(F)(F)F)C(=O)C3. The van der Waals surface area contributed by atoms with Crippen molar-refractivity contribution in [1.82, 2.24) is 19.8 Å². The molecule has 2 aliphatic rings. The van der Waals surface area contributed by atoms with Gasteiger partial charge in [-0.3, -0.25) is 19.1 Å². The predicted molar refractivity (Wildman–Crippen MR) is 102 cm³/mol. The third-order valence-corrected chi connectivity index (χ3v) is 5.89. The molecule has 1 aromatic heterocycles. The number of nitrogens with zero attached hydrogens (tertiary/aromatic N) is 3. The molecule has 1 aromatic carbocycles. The Hall–Kier alpha value is -2.46. The second kappa shape index (κ2) is 7.35. The highest BCUT2D eigenvalue weighted by Gasteiger charge is 2.66. The van der Waals surface area contributed by atoms with Gasteiger partial charge in [-0.2, -0.15) is 13.2 Å². The van der Waals surface area contributed by atoms with Crippen molar-refractivity contribution in [3.8, 4) is 0 Å². The van der Waals surface area contributed by atoms with E-state index in [0.29, 0.717) is 38.4 Å². The number of halogens is 3. The number of morpholine rings is 1. The van der Waals surface area contributed by atoms with Crippen molar-refractivity contribution in [3.63, 3.8) is 0 Å². The van der Waals surface area contributed by atoms with Crippen LogP contribution in [0.1, 0.15) is 23.4 Å². The smallest absolute Gasteiger partial charge is 0.379 e. The maximum atomic E-state index is 14.4. The first-order valence-corrected chi connectivity index (χ1v) is 9.83. The number of carbonyl (C=O) groups is 2. The summed E-state index contributed by atoms with van der Waals surface area (Å²) < 4.78 is 49.2. The van der Waals surface area contributed by atoms with E-state index in [1.54, 1.807) is 19.1 Å². The number of aryl methyl sites for hydroxylation is 2. The second-order valence-electron chi connectivity index (χ2n) is 7.85. The van der Waals surface area contributed by atoms with Gasteiger partial charge in [0.15, 0.2) is 5.78 Å².